The molecule has 2 atom stereocenters. The van der Waals surface area contributed by atoms with Crippen molar-refractivity contribution in [3.63, 3.8) is 0 Å². The van der Waals surface area contributed by atoms with E-state index in [2.05, 4.69) is 32.6 Å². The molecule has 1 aliphatic rings. The summed E-state index contributed by atoms with van der Waals surface area (Å²) in [6, 6.07) is 12.6. The number of aryl methyl sites for hydroxylation is 1. The van der Waals surface area contributed by atoms with Crippen LogP contribution < -0.4 is 10.9 Å². The lowest BCUT2D eigenvalue weighted by atomic mass is 9.94. The molecule has 0 radical (unpaired) electrons. The predicted molar refractivity (Wildman–Crippen MR) is 96.2 cm³/mol. The Morgan fingerprint density at radius 2 is 2.12 bits per heavy atom. The van der Waals surface area contributed by atoms with E-state index in [0.29, 0.717) is 12.0 Å². The number of hydrogen-bond acceptors (Lipinski definition) is 3. The van der Waals surface area contributed by atoms with Crippen LogP contribution in [0.1, 0.15) is 31.2 Å². The van der Waals surface area contributed by atoms with E-state index < -0.39 is 0 Å². The first-order chi connectivity index (χ1) is 11.8. The van der Waals surface area contributed by atoms with Gasteiger partial charge in [0.2, 0.25) is 0 Å². The highest BCUT2D eigenvalue weighted by Gasteiger charge is 2.27. The van der Waals surface area contributed by atoms with Crippen molar-refractivity contribution in [2.24, 2.45) is 5.92 Å². The molecule has 5 heteroatoms. The van der Waals surface area contributed by atoms with Gasteiger partial charge < -0.3 is 5.32 Å². The van der Waals surface area contributed by atoms with Gasteiger partial charge in [0, 0.05) is 12.2 Å². The van der Waals surface area contributed by atoms with Gasteiger partial charge in [-0.3, -0.25) is 15.0 Å². The number of hydrogen-bond donors (Lipinski definition) is 3. The number of pyridine rings is 1. The molecule has 1 aromatic carbocycles. The van der Waals surface area contributed by atoms with E-state index in [0.717, 1.165) is 29.6 Å². The van der Waals surface area contributed by atoms with Crippen molar-refractivity contribution in [1.29, 1.82) is 0 Å². The number of aromatic nitrogens is 3. The largest absolute Gasteiger partial charge is 0.367 e. The Balaban J connectivity index is 1.41. The summed E-state index contributed by atoms with van der Waals surface area (Å²) in [4.78, 5) is 16.0. The van der Waals surface area contributed by atoms with Crippen LogP contribution in [-0.4, -0.2) is 21.2 Å². The van der Waals surface area contributed by atoms with Crippen LogP contribution in [0.5, 0.6) is 0 Å². The Kier molecular flexibility index (Phi) is 4.07. The molecule has 0 aliphatic heterocycles. The first-order valence-electron chi connectivity index (χ1n) is 8.66. The van der Waals surface area contributed by atoms with Crippen LogP contribution in [0.15, 0.2) is 47.4 Å². The number of fused-ring (bicyclic) bond motifs is 1. The summed E-state index contributed by atoms with van der Waals surface area (Å²) in [6.45, 7) is 0. The molecule has 2 unspecified atom stereocenters. The average molecular weight is 322 g/mol. The third-order valence-electron chi connectivity index (χ3n) is 5.10. The van der Waals surface area contributed by atoms with Crippen molar-refractivity contribution in [2.45, 2.75) is 38.1 Å². The fourth-order valence-electron chi connectivity index (χ4n) is 3.80. The lowest BCUT2D eigenvalue weighted by Gasteiger charge is -2.21. The van der Waals surface area contributed by atoms with Gasteiger partial charge in [-0.1, -0.05) is 18.6 Å². The molecular formula is C19H22N4O. The fourth-order valence-corrected chi connectivity index (χ4v) is 3.80. The van der Waals surface area contributed by atoms with Crippen LogP contribution in [0.4, 0.5) is 5.82 Å². The van der Waals surface area contributed by atoms with Gasteiger partial charge in [-0.25, -0.2) is 4.98 Å². The molecule has 0 saturated heterocycles. The molecule has 2 aromatic heterocycles. The SMILES string of the molecule is O=c1[nH][nH]c2cc(CCC3CCCC3Nc3ccccn3)ccc12. The van der Waals surface area contributed by atoms with Crippen LogP contribution in [0, 0.1) is 5.92 Å². The summed E-state index contributed by atoms with van der Waals surface area (Å²) >= 11 is 0. The molecule has 2 heterocycles. The molecule has 4 rings (SSSR count). The zero-order chi connectivity index (χ0) is 16.4. The molecule has 3 aromatic rings. The van der Waals surface area contributed by atoms with Gasteiger partial charge in [0.15, 0.2) is 0 Å². The Bertz CT molecular complexity index is 868. The number of benzene rings is 1. The van der Waals surface area contributed by atoms with Crippen LogP contribution in [0.25, 0.3) is 10.9 Å². The molecule has 3 N–H and O–H groups in total. The van der Waals surface area contributed by atoms with Crippen LogP contribution in [-0.2, 0) is 6.42 Å². The lowest BCUT2D eigenvalue weighted by molar-refractivity contribution is 0.466. The average Bonchev–Trinajstić information content (AvgIpc) is 3.21. The quantitative estimate of drug-likeness (QED) is 0.673. The maximum atomic E-state index is 11.6. The second-order valence-corrected chi connectivity index (χ2v) is 6.65. The maximum Gasteiger partial charge on any atom is 0.271 e. The molecule has 24 heavy (non-hydrogen) atoms. The highest BCUT2D eigenvalue weighted by Crippen LogP contribution is 2.31. The van der Waals surface area contributed by atoms with Crippen molar-refractivity contribution in [3.05, 3.63) is 58.5 Å². The van der Waals surface area contributed by atoms with Crippen molar-refractivity contribution >= 4 is 16.7 Å². The van der Waals surface area contributed by atoms with Gasteiger partial charge in [0.1, 0.15) is 5.82 Å². The minimum Gasteiger partial charge on any atom is -0.367 e. The van der Waals surface area contributed by atoms with Crippen molar-refractivity contribution in [3.8, 4) is 0 Å². The molecular weight excluding hydrogens is 300 g/mol. The Morgan fingerprint density at radius 3 is 3.00 bits per heavy atom. The topological polar surface area (TPSA) is 73.6 Å². The molecule has 124 valence electrons. The van der Waals surface area contributed by atoms with Crippen molar-refractivity contribution < 1.29 is 0 Å². The molecule has 5 nitrogen and oxygen atoms in total. The van der Waals surface area contributed by atoms with E-state index in [-0.39, 0.29) is 5.56 Å². The summed E-state index contributed by atoms with van der Waals surface area (Å²) < 4.78 is 0. The molecule has 1 fully saturated rings. The van der Waals surface area contributed by atoms with Gasteiger partial charge in [0.05, 0.1) is 10.9 Å². The maximum absolute atomic E-state index is 11.6. The smallest absolute Gasteiger partial charge is 0.271 e. The summed E-state index contributed by atoms with van der Waals surface area (Å²) in [6.07, 6.45) is 7.79. The van der Waals surface area contributed by atoms with E-state index >= 15 is 0 Å². The van der Waals surface area contributed by atoms with Crippen LogP contribution >= 0.6 is 0 Å². The van der Waals surface area contributed by atoms with Crippen molar-refractivity contribution in [1.82, 2.24) is 15.2 Å². The molecule has 1 saturated carbocycles. The first kappa shape index (κ1) is 15.0. The number of anilines is 1. The number of nitrogens with zero attached hydrogens (tertiary/aromatic N) is 1. The Morgan fingerprint density at radius 1 is 1.17 bits per heavy atom. The van der Waals surface area contributed by atoms with Crippen LogP contribution in [0.2, 0.25) is 0 Å². The van der Waals surface area contributed by atoms with Gasteiger partial charge in [-0.2, -0.15) is 0 Å². The molecule has 0 bridgehead atoms. The van der Waals surface area contributed by atoms with E-state index in [1.54, 1.807) is 0 Å². The van der Waals surface area contributed by atoms with Gasteiger partial charge in [-0.05, 0) is 61.4 Å². The summed E-state index contributed by atoms with van der Waals surface area (Å²) in [7, 11) is 0. The summed E-state index contributed by atoms with van der Waals surface area (Å²) in [5.74, 6) is 1.65. The van der Waals surface area contributed by atoms with Gasteiger partial charge in [-0.15, -0.1) is 0 Å². The zero-order valence-electron chi connectivity index (χ0n) is 13.6. The lowest BCUT2D eigenvalue weighted by Crippen LogP contribution is -2.24. The fraction of sp³-hybridized carbons (Fsp3) is 0.368. The predicted octanol–water partition coefficient (Wildman–Crippen LogP) is 3.46. The number of aromatic amines is 2. The third-order valence-corrected chi connectivity index (χ3v) is 5.10. The third kappa shape index (κ3) is 3.07. The van der Waals surface area contributed by atoms with E-state index in [9.17, 15) is 4.79 Å². The second-order valence-electron chi connectivity index (χ2n) is 6.65. The van der Waals surface area contributed by atoms with E-state index in [1.807, 2.05) is 30.5 Å². The number of rotatable bonds is 5. The zero-order valence-corrected chi connectivity index (χ0v) is 13.6. The first-order valence-corrected chi connectivity index (χ1v) is 8.66. The van der Waals surface area contributed by atoms with Gasteiger partial charge >= 0.3 is 0 Å². The van der Waals surface area contributed by atoms with Crippen molar-refractivity contribution in [2.75, 3.05) is 5.32 Å². The van der Waals surface area contributed by atoms with E-state index in [4.69, 9.17) is 0 Å². The second kappa shape index (κ2) is 6.51. The number of H-pyrrole nitrogens is 2. The summed E-state index contributed by atoms with van der Waals surface area (Å²) in [5.41, 5.74) is 2.13. The molecule has 1 aliphatic carbocycles. The normalized spacial score (nSPS) is 20.5. The van der Waals surface area contributed by atoms with Crippen LogP contribution in [0.3, 0.4) is 0 Å². The minimum atomic E-state index is -0.0491. The monoisotopic (exact) mass is 322 g/mol. The Labute approximate surface area is 140 Å². The van der Waals surface area contributed by atoms with Gasteiger partial charge in [0.25, 0.3) is 5.56 Å². The number of nitrogens with one attached hydrogen (secondary N) is 3. The Hall–Kier alpha value is -2.56. The molecule has 0 spiro atoms. The van der Waals surface area contributed by atoms with E-state index in [1.165, 1.54) is 24.8 Å². The highest BCUT2D eigenvalue weighted by atomic mass is 16.1. The highest BCUT2D eigenvalue weighted by molar-refractivity contribution is 5.78. The molecule has 0 amide bonds. The standard InChI is InChI=1S/C19H22N4O/c24-19-15-10-8-13(12-17(15)22-23-19)7-9-14-4-3-5-16(14)21-18-6-1-2-11-20-18/h1-2,6,8,10-12,14,16H,3-5,7,9H2,(H,20,21)(H2,22,23,24). The summed E-state index contributed by atoms with van der Waals surface area (Å²) in [5, 5.41) is 9.90. The minimum absolute atomic E-state index is 0.0491.